The predicted octanol–water partition coefficient (Wildman–Crippen LogP) is 2.04. The van der Waals surface area contributed by atoms with Crippen molar-refractivity contribution in [2.75, 3.05) is 5.32 Å². The SMILES string of the molecule is Cc1nsc(NC(=O)CC(F)(F)F)c1C(=O)O. The fraction of sp³-hybridized carbons (Fsp3) is 0.375. The standard InChI is InChI=1S/C8H7F3N2O3S/c1-3-5(7(15)16)6(17-13-3)12-4(14)2-8(9,10)11/h2H2,1H3,(H,12,14)(H,15,16). The highest BCUT2D eigenvalue weighted by Gasteiger charge is 2.32. The van der Waals surface area contributed by atoms with E-state index in [1.807, 2.05) is 5.32 Å². The molecule has 0 radical (unpaired) electrons. The van der Waals surface area contributed by atoms with E-state index in [1.165, 1.54) is 6.92 Å². The normalized spacial score (nSPS) is 11.3. The van der Waals surface area contributed by atoms with Gasteiger partial charge in [-0.05, 0) is 18.5 Å². The number of carbonyl (C=O) groups excluding carboxylic acids is 1. The summed E-state index contributed by atoms with van der Waals surface area (Å²) in [5.41, 5.74) is -0.143. The molecule has 17 heavy (non-hydrogen) atoms. The number of hydrogen-bond acceptors (Lipinski definition) is 4. The number of rotatable bonds is 3. The number of nitrogens with zero attached hydrogens (tertiary/aromatic N) is 1. The van der Waals surface area contributed by atoms with Crippen LogP contribution in [0.5, 0.6) is 0 Å². The van der Waals surface area contributed by atoms with Crippen molar-refractivity contribution >= 4 is 28.4 Å². The monoisotopic (exact) mass is 268 g/mol. The van der Waals surface area contributed by atoms with Gasteiger partial charge in [-0.3, -0.25) is 4.79 Å². The molecule has 0 aliphatic carbocycles. The highest BCUT2D eigenvalue weighted by molar-refractivity contribution is 7.11. The minimum atomic E-state index is -4.63. The summed E-state index contributed by atoms with van der Waals surface area (Å²) in [5, 5.41) is 10.5. The number of halogens is 3. The minimum absolute atomic E-state index is 0.143. The topological polar surface area (TPSA) is 79.3 Å². The third-order valence-corrected chi connectivity index (χ3v) is 2.54. The van der Waals surface area contributed by atoms with Crippen molar-refractivity contribution in [3.05, 3.63) is 11.3 Å². The van der Waals surface area contributed by atoms with Crippen molar-refractivity contribution in [3.63, 3.8) is 0 Å². The summed E-state index contributed by atoms with van der Waals surface area (Å²) in [6.07, 6.45) is -6.30. The van der Waals surface area contributed by atoms with E-state index in [0.717, 1.165) is 0 Å². The first-order valence-corrected chi connectivity index (χ1v) is 5.04. The lowest BCUT2D eigenvalue weighted by Crippen LogP contribution is -2.21. The Hall–Kier alpha value is -1.64. The lowest BCUT2D eigenvalue weighted by molar-refractivity contribution is -0.150. The largest absolute Gasteiger partial charge is 0.478 e. The number of carboxylic acids is 1. The van der Waals surface area contributed by atoms with Gasteiger partial charge in [-0.15, -0.1) is 0 Å². The van der Waals surface area contributed by atoms with Gasteiger partial charge in [0, 0.05) is 0 Å². The van der Waals surface area contributed by atoms with Gasteiger partial charge < -0.3 is 10.4 Å². The first-order chi connectivity index (χ1) is 7.70. The molecule has 1 heterocycles. The molecule has 0 aromatic carbocycles. The summed E-state index contributed by atoms with van der Waals surface area (Å²) >= 11 is 0.629. The predicted molar refractivity (Wildman–Crippen MR) is 53.1 cm³/mol. The van der Waals surface area contributed by atoms with Gasteiger partial charge in [0.05, 0.1) is 5.69 Å². The summed E-state index contributed by atoms with van der Waals surface area (Å²) in [4.78, 5) is 21.7. The second-order valence-corrected chi connectivity index (χ2v) is 3.89. The van der Waals surface area contributed by atoms with Crippen LogP contribution in [0.1, 0.15) is 22.5 Å². The zero-order valence-electron chi connectivity index (χ0n) is 8.46. The molecule has 1 rings (SSSR count). The summed E-state index contributed by atoms with van der Waals surface area (Å²) in [7, 11) is 0. The first kappa shape index (κ1) is 13.4. The van der Waals surface area contributed by atoms with Gasteiger partial charge in [-0.25, -0.2) is 4.79 Å². The van der Waals surface area contributed by atoms with E-state index in [0.29, 0.717) is 11.5 Å². The Balaban J connectivity index is 2.83. The fourth-order valence-electron chi connectivity index (χ4n) is 1.06. The maximum atomic E-state index is 11.9. The van der Waals surface area contributed by atoms with Gasteiger partial charge in [0.1, 0.15) is 17.0 Å². The molecule has 0 fully saturated rings. The molecule has 0 aliphatic heterocycles. The molecule has 1 aromatic rings. The summed E-state index contributed by atoms with van der Waals surface area (Å²) < 4.78 is 39.3. The molecule has 0 unspecified atom stereocenters. The number of aromatic carboxylic acids is 1. The fourth-order valence-corrected chi connectivity index (χ4v) is 1.87. The van der Waals surface area contributed by atoms with Crippen LogP contribution in [-0.4, -0.2) is 27.5 Å². The molecule has 0 aliphatic rings. The van der Waals surface area contributed by atoms with Gasteiger partial charge in [-0.1, -0.05) is 0 Å². The van der Waals surface area contributed by atoms with Crippen molar-refractivity contribution in [1.29, 1.82) is 0 Å². The second kappa shape index (κ2) is 4.70. The van der Waals surface area contributed by atoms with E-state index in [2.05, 4.69) is 4.37 Å². The first-order valence-electron chi connectivity index (χ1n) is 4.27. The zero-order valence-corrected chi connectivity index (χ0v) is 9.28. The van der Waals surface area contributed by atoms with Crippen molar-refractivity contribution in [2.45, 2.75) is 19.5 Å². The Labute approximate surface area is 97.4 Å². The Morgan fingerprint density at radius 3 is 2.53 bits per heavy atom. The van der Waals surface area contributed by atoms with Gasteiger partial charge in [-0.2, -0.15) is 17.5 Å². The lowest BCUT2D eigenvalue weighted by atomic mass is 10.2. The number of hydrogen-bond donors (Lipinski definition) is 2. The van der Waals surface area contributed by atoms with Crippen LogP contribution in [-0.2, 0) is 4.79 Å². The van der Waals surface area contributed by atoms with E-state index in [4.69, 9.17) is 5.11 Å². The van der Waals surface area contributed by atoms with Crippen LogP contribution in [0.25, 0.3) is 0 Å². The van der Waals surface area contributed by atoms with Crippen molar-refractivity contribution in [3.8, 4) is 0 Å². The number of nitrogens with one attached hydrogen (secondary N) is 1. The maximum absolute atomic E-state index is 11.9. The molecule has 94 valence electrons. The van der Waals surface area contributed by atoms with Gasteiger partial charge in [0.15, 0.2) is 0 Å². The van der Waals surface area contributed by atoms with E-state index < -0.39 is 24.5 Å². The summed E-state index contributed by atoms with van der Waals surface area (Å²) in [6.45, 7) is 1.39. The maximum Gasteiger partial charge on any atom is 0.397 e. The smallest absolute Gasteiger partial charge is 0.397 e. The van der Waals surface area contributed by atoms with Crippen LogP contribution < -0.4 is 5.32 Å². The molecule has 5 nitrogen and oxygen atoms in total. The molecule has 0 saturated heterocycles. The highest BCUT2D eigenvalue weighted by atomic mass is 32.1. The van der Waals surface area contributed by atoms with Crippen molar-refractivity contribution in [1.82, 2.24) is 4.37 Å². The molecule has 0 atom stereocenters. The molecule has 0 bridgehead atoms. The van der Waals surface area contributed by atoms with E-state index >= 15 is 0 Å². The number of aryl methyl sites for hydroxylation is 1. The molecule has 1 aromatic heterocycles. The Kier molecular flexibility index (Phi) is 3.71. The number of amides is 1. The van der Waals surface area contributed by atoms with Crippen molar-refractivity contribution < 1.29 is 27.9 Å². The van der Waals surface area contributed by atoms with Crippen molar-refractivity contribution in [2.24, 2.45) is 0 Å². The Morgan fingerprint density at radius 2 is 2.06 bits per heavy atom. The molecular formula is C8H7F3N2O3S. The van der Waals surface area contributed by atoms with Crippen LogP contribution >= 0.6 is 11.5 Å². The molecule has 1 amide bonds. The molecule has 9 heteroatoms. The Morgan fingerprint density at radius 1 is 1.47 bits per heavy atom. The molecule has 0 saturated carbocycles. The van der Waals surface area contributed by atoms with Gasteiger partial charge in [0.2, 0.25) is 5.91 Å². The number of carbonyl (C=O) groups is 2. The summed E-state index contributed by atoms with van der Waals surface area (Å²) in [5.74, 6) is -2.66. The molecule has 0 spiro atoms. The zero-order chi connectivity index (χ0) is 13.2. The summed E-state index contributed by atoms with van der Waals surface area (Å²) in [6, 6.07) is 0. The highest BCUT2D eigenvalue weighted by Crippen LogP contribution is 2.26. The molecule has 2 N–H and O–H groups in total. The third kappa shape index (κ3) is 3.70. The number of carboxylic acid groups (broad SMARTS) is 1. The van der Waals surface area contributed by atoms with Crippen LogP contribution in [0, 0.1) is 6.92 Å². The van der Waals surface area contributed by atoms with E-state index in [-0.39, 0.29) is 16.3 Å². The lowest BCUT2D eigenvalue weighted by Gasteiger charge is -2.06. The third-order valence-electron chi connectivity index (χ3n) is 1.69. The number of anilines is 1. The second-order valence-electron chi connectivity index (χ2n) is 3.12. The average Bonchev–Trinajstić information content (AvgIpc) is 2.42. The number of alkyl halides is 3. The van der Waals surface area contributed by atoms with Crippen LogP contribution in [0.3, 0.4) is 0 Å². The minimum Gasteiger partial charge on any atom is -0.478 e. The van der Waals surface area contributed by atoms with E-state index in [9.17, 15) is 22.8 Å². The van der Waals surface area contributed by atoms with Gasteiger partial charge in [0.25, 0.3) is 0 Å². The number of aromatic nitrogens is 1. The van der Waals surface area contributed by atoms with E-state index in [1.54, 1.807) is 0 Å². The van der Waals surface area contributed by atoms with Gasteiger partial charge >= 0.3 is 12.1 Å². The van der Waals surface area contributed by atoms with Crippen LogP contribution in [0.4, 0.5) is 18.2 Å². The quantitative estimate of drug-likeness (QED) is 0.879. The van der Waals surface area contributed by atoms with Crippen LogP contribution in [0.2, 0.25) is 0 Å². The average molecular weight is 268 g/mol. The molecular weight excluding hydrogens is 261 g/mol. The Bertz CT molecular complexity index is 455. The van der Waals surface area contributed by atoms with Crippen LogP contribution in [0.15, 0.2) is 0 Å².